The summed E-state index contributed by atoms with van der Waals surface area (Å²) in [5, 5.41) is 18.7. The maximum Gasteiger partial charge on any atom is 0.335 e. The summed E-state index contributed by atoms with van der Waals surface area (Å²) in [4.78, 5) is 27.2. The molecule has 0 amide bonds. The molecule has 2 N–H and O–H groups in total. The predicted molar refractivity (Wildman–Crippen MR) is 89.7 cm³/mol. The number of ketones is 1. The Bertz CT molecular complexity index is 912. The van der Waals surface area contributed by atoms with Gasteiger partial charge in [0.15, 0.2) is 5.78 Å². The molecule has 25 heavy (non-hydrogen) atoms. The van der Waals surface area contributed by atoms with Crippen LogP contribution in [0.2, 0.25) is 0 Å². The number of nitrogens with zero attached hydrogens (tertiary/aromatic N) is 1. The largest absolute Gasteiger partial charge is 0.507 e. The number of benzene rings is 2. The van der Waals surface area contributed by atoms with Gasteiger partial charge in [-0.05, 0) is 36.2 Å². The average Bonchev–Trinajstić information content (AvgIpc) is 3.10. The van der Waals surface area contributed by atoms with Gasteiger partial charge in [0.25, 0.3) is 0 Å². The Morgan fingerprint density at radius 1 is 1.04 bits per heavy atom. The second-order valence-electron chi connectivity index (χ2n) is 5.48. The van der Waals surface area contributed by atoms with Crippen LogP contribution in [-0.4, -0.2) is 26.9 Å². The lowest BCUT2D eigenvalue weighted by Crippen LogP contribution is -2.02. The van der Waals surface area contributed by atoms with Crippen molar-refractivity contribution in [3.8, 4) is 17.2 Å². The molecule has 6 nitrogen and oxygen atoms in total. The first-order chi connectivity index (χ1) is 12.0. The zero-order valence-corrected chi connectivity index (χ0v) is 13.2. The van der Waals surface area contributed by atoms with Crippen molar-refractivity contribution in [1.29, 1.82) is 0 Å². The van der Waals surface area contributed by atoms with Crippen molar-refractivity contribution >= 4 is 11.8 Å². The van der Waals surface area contributed by atoms with Gasteiger partial charge in [-0.3, -0.25) is 4.79 Å². The van der Waals surface area contributed by atoms with Crippen molar-refractivity contribution < 1.29 is 24.2 Å². The summed E-state index contributed by atoms with van der Waals surface area (Å²) in [7, 11) is 0. The molecule has 0 unspecified atom stereocenters. The van der Waals surface area contributed by atoms with E-state index >= 15 is 0 Å². The number of hydrogen-bond donors (Lipinski definition) is 2. The Hall–Kier alpha value is -3.41. The zero-order chi connectivity index (χ0) is 17.8. The van der Waals surface area contributed by atoms with Gasteiger partial charge < -0.3 is 14.6 Å². The van der Waals surface area contributed by atoms with E-state index in [-0.39, 0.29) is 35.1 Å². The van der Waals surface area contributed by atoms with E-state index in [9.17, 15) is 14.7 Å². The molecule has 126 valence electrons. The highest BCUT2D eigenvalue weighted by Crippen LogP contribution is 2.28. The summed E-state index contributed by atoms with van der Waals surface area (Å²) < 4.78 is 5.29. The normalized spacial score (nSPS) is 10.6. The van der Waals surface area contributed by atoms with Crippen LogP contribution in [0.3, 0.4) is 0 Å². The van der Waals surface area contributed by atoms with Crippen LogP contribution < -0.4 is 0 Å². The average molecular weight is 337 g/mol. The summed E-state index contributed by atoms with van der Waals surface area (Å²) >= 11 is 0. The van der Waals surface area contributed by atoms with Gasteiger partial charge in [0.05, 0.1) is 11.1 Å². The summed E-state index contributed by atoms with van der Waals surface area (Å²) in [6, 6.07) is 13.0. The second kappa shape index (κ2) is 7.00. The van der Waals surface area contributed by atoms with E-state index in [1.165, 1.54) is 24.5 Å². The molecule has 0 saturated carbocycles. The predicted octanol–water partition coefficient (Wildman–Crippen LogP) is 3.56. The molecule has 0 bridgehead atoms. The van der Waals surface area contributed by atoms with Crippen molar-refractivity contribution in [2.45, 2.75) is 12.8 Å². The molecule has 0 aliphatic rings. The molecule has 6 heteroatoms. The lowest BCUT2D eigenvalue weighted by atomic mass is 10.0. The monoisotopic (exact) mass is 337 g/mol. The first kappa shape index (κ1) is 16.4. The van der Waals surface area contributed by atoms with Crippen LogP contribution in [0.5, 0.6) is 5.75 Å². The van der Waals surface area contributed by atoms with Crippen LogP contribution in [0.15, 0.2) is 59.2 Å². The van der Waals surface area contributed by atoms with Crippen molar-refractivity contribution in [3.05, 3.63) is 71.6 Å². The Morgan fingerprint density at radius 2 is 1.76 bits per heavy atom. The Kier molecular flexibility index (Phi) is 4.61. The number of aromatic hydroxyl groups is 1. The van der Waals surface area contributed by atoms with Gasteiger partial charge >= 0.3 is 5.97 Å². The maximum absolute atomic E-state index is 12.2. The molecule has 3 aromatic rings. The van der Waals surface area contributed by atoms with E-state index < -0.39 is 5.97 Å². The molecule has 3 rings (SSSR count). The third-order valence-corrected chi connectivity index (χ3v) is 3.77. The standard InChI is InChI=1S/C19H15NO5/c21-16-4-2-1-3-14(16)18-20-15(11-25-18)17(22)10-7-12-5-8-13(9-6-12)19(23)24/h1-6,8-9,11,21H,7,10H2,(H,23,24). The number of para-hydroxylation sites is 1. The molecule has 0 saturated heterocycles. The minimum absolute atomic E-state index is 0.0295. The number of aryl methyl sites for hydroxylation is 1. The molecule has 1 heterocycles. The van der Waals surface area contributed by atoms with Crippen LogP contribution in [0.25, 0.3) is 11.5 Å². The van der Waals surface area contributed by atoms with Crippen molar-refractivity contribution in [2.75, 3.05) is 0 Å². The highest BCUT2D eigenvalue weighted by molar-refractivity contribution is 5.94. The first-order valence-electron chi connectivity index (χ1n) is 7.64. The summed E-state index contributed by atoms with van der Waals surface area (Å²) in [6.07, 6.45) is 1.97. The fraction of sp³-hybridized carbons (Fsp3) is 0.105. The lowest BCUT2D eigenvalue weighted by Gasteiger charge is -2.01. The number of Topliss-reactive ketones (excluding diaryl/α,β-unsaturated/α-hetero) is 1. The quantitative estimate of drug-likeness (QED) is 0.667. The number of phenols is 1. The number of carbonyl (C=O) groups excluding carboxylic acids is 1. The molecule has 1 aromatic heterocycles. The van der Waals surface area contributed by atoms with Crippen LogP contribution in [0, 0.1) is 0 Å². The van der Waals surface area contributed by atoms with E-state index in [0.29, 0.717) is 12.0 Å². The SMILES string of the molecule is O=C(O)c1ccc(CCC(=O)c2coc(-c3ccccc3O)n2)cc1. The molecule has 0 fully saturated rings. The number of phenolic OH excluding ortho intramolecular Hbond substituents is 1. The van der Waals surface area contributed by atoms with Gasteiger partial charge in [-0.1, -0.05) is 24.3 Å². The number of aromatic nitrogens is 1. The minimum atomic E-state index is -0.984. The molecule has 0 atom stereocenters. The number of carboxylic acids is 1. The number of rotatable bonds is 6. The topological polar surface area (TPSA) is 101 Å². The van der Waals surface area contributed by atoms with E-state index in [4.69, 9.17) is 9.52 Å². The van der Waals surface area contributed by atoms with Gasteiger partial charge in [-0.2, -0.15) is 0 Å². The first-order valence-corrected chi connectivity index (χ1v) is 7.64. The number of oxazole rings is 1. The summed E-state index contributed by atoms with van der Waals surface area (Å²) in [5.41, 5.74) is 1.69. The maximum atomic E-state index is 12.2. The molecule has 0 aliphatic carbocycles. The Morgan fingerprint density at radius 3 is 2.44 bits per heavy atom. The summed E-state index contributed by atoms with van der Waals surface area (Å²) in [5.74, 6) is -0.955. The third kappa shape index (κ3) is 3.74. The Labute approximate surface area is 143 Å². The molecular weight excluding hydrogens is 322 g/mol. The van der Waals surface area contributed by atoms with Crippen LogP contribution in [0.1, 0.15) is 32.8 Å². The Balaban J connectivity index is 1.66. The molecule has 0 spiro atoms. The van der Waals surface area contributed by atoms with E-state index in [2.05, 4.69) is 4.98 Å². The molecular formula is C19H15NO5. The van der Waals surface area contributed by atoms with E-state index in [0.717, 1.165) is 5.56 Å². The van der Waals surface area contributed by atoms with E-state index in [1.807, 2.05) is 0 Å². The molecule has 2 aromatic carbocycles. The fourth-order valence-electron chi connectivity index (χ4n) is 2.38. The molecule has 0 aliphatic heterocycles. The zero-order valence-electron chi connectivity index (χ0n) is 13.2. The van der Waals surface area contributed by atoms with Gasteiger partial charge in [-0.25, -0.2) is 9.78 Å². The van der Waals surface area contributed by atoms with Crippen LogP contribution in [0.4, 0.5) is 0 Å². The minimum Gasteiger partial charge on any atom is -0.507 e. The van der Waals surface area contributed by atoms with E-state index in [1.54, 1.807) is 30.3 Å². The van der Waals surface area contributed by atoms with Crippen LogP contribution in [-0.2, 0) is 6.42 Å². The third-order valence-electron chi connectivity index (χ3n) is 3.77. The van der Waals surface area contributed by atoms with Crippen molar-refractivity contribution in [1.82, 2.24) is 4.98 Å². The molecule has 0 radical (unpaired) electrons. The lowest BCUT2D eigenvalue weighted by molar-refractivity contribution is 0.0696. The van der Waals surface area contributed by atoms with Crippen molar-refractivity contribution in [3.63, 3.8) is 0 Å². The van der Waals surface area contributed by atoms with Crippen LogP contribution >= 0.6 is 0 Å². The fourth-order valence-corrected chi connectivity index (χ4v) is 2.38. The van der Waals surface area contributed by atoms with Gasteiger partial charge in [0.2, 0.25) is 5.89 Å². The smallest absolute Gasteiger partial charge is 0.335 e. The van der Waals surface area contributed by atoms with Gasteiger partial charge in [-0.15, -0.1) is 0 Å². The van der Waals surface area contributed by atoms with Gasteiger partial charge in [0.1, 0.15) is 17.7 Å². The van der Waals surface area contributed by atoms with Crippen molar-refractivity contribution in [2.24, 2.45) is 0 Å². The summed E-state index contributed by atoms with van der Waals surface area (Å²) in [6.45, 7) is 0. The number of hydrogen-bond acceptors (Lipinski definition) is 5. The second-order valence-corrected chi connectivity index (χ2v) is 5.48. The van der Waals surface area contributed by atoms with Gasteiger partial charge in [0, 0.05) is 6.42 Å². The number of carboxylic acid groups (broad SMARTS) is 1. The highest BCUT2D eigenvalue weighted by atomic mass is 16.4. The number of carbonyl (C=O) groups is 2. The number of aromatic carboxylic acids is 1. The highest BCUT2D eigenvalue weighted by Gasteiger charge is 2.15.